The number of halogens is 1. The van der Waals surface area contributed by atoms with Crippen LogP contribution in [0.15, 0.2) is 47.4 Å². The molecule has 180 valence electrons. The van der Waals surface area contributed by atoms with Crippen molar-refractivity contribution in [3.05, 3.63) is 53.1 Å². The molecule has 0 saturated carbocycles. The summed E-state index contributed by atoms with van der Waals surface area (Å²) in [6.07, 6.45) is -0.203. The average Bonchev–Trinajstić information content (AvgIpc) is 2.75. The number of hydrogen-bond donors (Lipinski definition) is 2. The molecule has 0 heterocycles. The van der Waals surface area contributed by atoms with E-state index < -0.39 is 15.9 Å². The van der Waals surface area contributed by atoms with E-state index in [-0.39, 0.29) is 35.6 Å². The Hall–Kier alpha value is -2.62. The minimum absolute atomic E-state index is 0.0235. The van der Waals surface area contributed by atoms with E-state index in [0.717, 1.165) is 0 Å². The fraction of sp³-hybridized carbons (Fsp3) is 0.391. The molecule has 0 fully saturated rings. The van der Waals surface area contributed by atoms with Crippen LogP contribution in [0.1, 0.15) is 44.5 Å². The van der Waals surface area contributed by atoms with Crippen LogP contribution in [-0.2, 0) is 14.8 Å². The molecule has 0 aliphatic heterocycles. The highest BCUT2D eigenvalue weighted by Crippen LogP contribution is 2.30. The summed E-state index contributed by atoms with van der Waals surface area (Å²) >= 11 is 6.01. The smallest absolute Gasteiger partial charge is 0.252 e. The first-order chi connectivity index (χ1) is 15.6. The molecule has 2 aromatic rings. The second kappa shape index (κ2) is 12.0. The third-order valence-corrected chi connectivity index (χ3v) is 7.06. The van der Waals surface area contributed by atoms with Crippen molar-refractivity contribution in [3.63, 3.8) is 0 Å². The summed E-state index contributed by atoms with van der Waals surface area (Å²) in [5.41, 5.74) is 0.570. The van der Waals surface area contributed by atoms with Crippen molar-refractivity contribution in [1.29, 1.82) is 0 Å². The number of carbonyl (C=O) groups excluding carboxylic acids is 2. The Balaban J connectivity index is 2.14. The minimum Gasteiger partial charge on any atom is -0.489 e. The van der Waals surface area contributed by atoms with Gasteiger partial charge in [0.05, 0.1) is 27.3 Å². The number of anilines is 1. The maximum Gasteiger partial charge on any atom is 0.252 e. The van der Waals surface area contributed by atoms with Gasteiger partial charge in [-0.1, -0.05) is 37.6 Å². The van der Waals surface area contributed by atoms with Crippen LogP contribution in [-0.4, -0.2) is 50.3 Å². The molecule has 0 bridgehead atoms. The van der Waals surface area contributed by atoms with Crippen molar-refractivity contribution < 1.29 is 22.7 Å². The number of carbonyl (C=O) groups is 2. The number of rotatable bonds is 11. The Morgan fingerprint density at radius 3 is 2.36 bits per heavy atom. The fourth-order valence-corrected chi connectivity index (χ4v) is 4.79. The topological polar surface area (TPSA) is 105 Å². The summed E-state index contributed by atoms with van der Waals surface area (Å²) in [5, 5.41) is 5.68. The maximum atomic E-state index is 12.9. The summed E-state index contributed by atoms with van der Waals surface area (Å²) in [7, 11) is -3.71. The molecule has 0 atom stereocenters. The normalized spacial score (nSPS) is 11.5. The molecule has 2 rings (SSSR count). The van der Waals surface area contributed by atoms with Crippen molar-refractivity contribution in [2.75, 3.05) is 25.0 Å². The van der Waals surface area contributed by atoms with Gasteiger partial charge in [0.25, 0.3) is 5.91 Å². The third-order valence-electron chi connectivity index (χ3n) is 4.69. The molecule has 2 amide bonds. The summed E-state index contributed by atoms with van der Waals surface area (Å²) < 4.78 is 32.8. The van der Waals surface area contributed by atoms with Gasteiger partial charge in [-0.3, -0.25) is 9.59 Å². The van der Waals surface area contributed by atoms with Crippen LogP contribution in [0.4, 0.5) is 5.69 Å². The Morgan fingerprint density at radius 1 is 1.09 bits per heavy atom. The maximum absolute atomic E-state index is 12.9. The summed E-state index contributed by atoms with van der Waals surface area (Å²) in [6, 6.07) is 11.0. The van der Waals surface area contributed by atoms with Crippen LogP contribution < -0.4 is 15.4 Å². The standard InChI is InChI=1S/C23H30ClN3O5S/c1-5-27(6-2)33(30,31)17-11-12-21(32-16(3)4)20(15-17)26-22(28)13-14-25-23(29)18-9-7-8-10-19(18)24/h7-12,15-16H,5-6,13-14H2,1-4H3,(H,25,29)(H,26,28). The summed E-state index contributed by atoms with van der Waals surface area (Å²) in [5.74, 6) is -0.429. The average molecular weight is 496 g/mol. The van der Waals surface area contributed by atoms with Gasteiger partial charge in [-0.25, -0.2) is 8.42 Å². The van der Waals surface area contributed by atoms with Gasteiger partial charge >= 0.3 is 0 Å². The Labute approximate surface area is 200 Å². The summed E-state index contributed by atoms with van der Waals surface area (Å²) in [6.45, 7) is 7.92. The van der Waals surface area contributed by atoms with Gasteiger partial charge in [0.2, 0.25) is 15.9 Å². The molecule has 2 N–H and O–H groups in total. The summed E-state index contributed by atoms with van der Waals surface area (Å²) in [4.78, 5) is 24.8. The van der Waals surface area contributed by atoms with Gasteiger partial charge < -0.3 is 15.4 Å². The van der Waals surface area contributed by atoms with E-state index in [1.54, 1.807) is 38.1 Å². The Kier molecular flexibility index (Phi) is 9.70. The molecule has 10 heteroatoms. The van der Waals surface area contributed by atoms with Crippen LogP contribution in [0.3, 0.4) is 0 Å². The highest BCUT2D eigenvalue weighted by atomic mass is 35.5. The predicted octanol–water partition coefficient (Wildman–Crippen LogP) is 3.92. The van der Waals surface area contributed by atoms with E-state index >= 15 is 0 Å². The van der Waals surface area contributed by atoms with Crippen LogP contribution in [0, 0.1) is 0 Å². The van der Waals surface area contributed by atoms with Crippen molar-refractivity contribution in [3.8, 4) is 5.75 Å². The van der Waals surface area contributed by atoms with Crippen LogP contribution in [0.25, 0.3) is 0 Å². The van der Waals surface area contributed by atoms with Gasteiger partial charge in [-0.2, -0.15) is 4.31 Å². The minimum atomic E-state index is -3.71. The van der Waals surface area contributed by atoms with Crippen molar-refractivity contribution in [2.24, 2.45) is 0 Å². The van der Waals surface area contributed by atoms with Gasteiger partial charge in [0, 0.05) is 26.1 Å². The van der Waals surface area contributed by atoms with E-state index in [9.17, 15) is 18.0 Å². The van der Waals surface area contributed by atoms with Crippen LogP contribution in [0.2, 0.25) is 5.02 Å². The van der Waals surface area contributed by atoms with Crippen LogP contribution in [0.5, 0.6) is 5.75 Å². The first-order valence-corrected chi connectivity index (χ1v) is 12.5. The molecule has 8 nitrogen and oxygen atoms in total. The number of hydrogen-bond acceptors (Lipinski definition) is 5. The van der Waals surface area contributed by atoms with E-state index in [4.69, 9.17) is 16.3 Å². The lowest BCUT2D eigenvalue weighted by Crippen LogP contribution is -2.30. The van der Waals surface area contributed by atoms with E-state index in [1.807, 2.05) is 13.8 Å². The Morgan fingerprint density at radius 2 is 1.76 bits per heavy atom. The molecule has 0 aromatic heterocycles. The number of benzene rings is 2. The lowest BCUT2D eigenvalue weighted by Gasteiger charge is -2.20. The number of amides is 2. The number of sulfonamides is 1. The first-order valence-electron chi connectivity index (χ1n) is 10.7. The van der Waals surface area contributed by atoms with Crippen LogP contribution >= 0.6 is 11.6 Å². The molecule has 33 heavy (non-hydrogen) atoms. The van der Waals surface area contributed by atoms with E-state index in [1.165, 1.54) is 22.5 Å². The highest BCUT2D eigenvalue weighted by molar-refractivity contribution is 7.89. The van der Waals surface area contributed by atoms with Gasteiger partial charge in [0.15, 0.2) is 0 Å². The molecule has 0 saturated heterocycles. The molecule has 0 aliphatic rings. The van der Waals surface area contributed by atoms with E-state index in [0.29, 0.717) is 29.4 Å². The molecular formula is C23H30ClN3O5S. The molecule has 0 spiro atoms. The zero-order valence-corrected chi connectivity index (χ0v) is 20.8. The number of nitrogens with one attached hydrogen (secondary N) is 2. The van der Waals surface area contributed by atoms with Crippen molar-refractivity contribution >= 4 is 39.1 Å². The lowest BCUT2D eigenvalue weighted by molar-refractivity contribution is -0.116. The predicted molar refractivity (Wildman–Crippen MR) is 129 cm³/mol. The number of ether oxygens (including phenoxy) is 1. The highest BCUT2D eigenvalue weighted by Gasteiger charge is 2.23. The van der Waals surface area contributed by atoms with Crippen molar-refractivity contribution in [2.45, 2.75) is 45.1 Å². The SMILES string of the molecule is CCN(CC)S(=O)(=O)c1ccc(OC(C)C)c(NC(=O)CCNC(=O)c2ccccc2Cl)c1. The first kappa shape index (κ1) is 26.6. The Bertz CT molecular complexity index is 1090. The molecule has 2 aromatic carbocycles. The van der Waals surface area contributed by atoms with E-state index in [2.05, 4.69) is 10.6 Å². The largest absolute Gasteiger partial charge is 0.489 e. The number of nitrogens with zero attached hydrogens (tertiary/aromatic N) is 1. The fourth-order valence-electron chi connectivity index (χ4n) is 3.08. The van der Waals surface area contributed by atoms with Gasteiger partial charge in [-0.05, 0) is 44.2 Å². The molecule has 0 unspecified atom stereocenters. The molecule has 0 radical (unpaired) electrons. The molecular weight excluding hydrogens is 466 g/mol. The zero-order valence-electron chi connectivity index (χ0n) is 19.2. The van der Waals surface area contributed by atoms with Gasteiger partial charge in [-0.15, -0.1) is 0 Å². The quantitative estimate of drug-likeness (QED) is 0.491. The third kappa shape index (κ3) is 7.18. The monoisotopic (exact) mass is 495 g/mol. The zero-order chi connectivity index (χ0) is 24.6. The molecule has 0 aliphatic carbocycles. The lowest BCUT2D eigenvalue weighted by atomic mass is 10.2. The second-order valence-corrected chi connectivity index (χ2v) is 9.79. The van der Waals surface area contributed by atoms with Gasteiger partial charge in [0.1, 0.15) is 5.75 Å². The second-order valence-electron chi connectivity index (χ2n) is 7.45. The van der Waals surface area contributed by atoms with Crippen molar-refractivity contribution in [1.82, 2.24) is 9.62 Å².